The number of benzene rings is 1. The summed E-state index contributed by atoms with van der Waals surface area (Å²) in [5.41, 5.74) is 0.659. The predicted octanol–water partition coefficient (Wildman–Crippen LogP) is 1.66. The zero-order valence-electron chi connectivity index (χ0n) is 9.30. The van der Waals surface area contributed by atoms with Gasteiger partial charge in [-0.15, -0.1) is 0 Å². The minimum absolute atomic E-state index is 0.108. The third-order valence-electron chi connectivity index (χ3n) is 2.74. The van der Waals surface area contributed by atoms with E-state index >= 15 is 0 Å². The molecule has 0 N–H and O–H groups in total. The molecule has 1 aliphatic heterocycles. The number of rotatable bonds is 3. The van der Waals surface area contributed by atoms with Crippen LogP contribution in [0.5, 0.6) is 0 Å². The first-order chi connectivity index (χ1) is 8.22. The molecule has 2 amide bonds. The van der Waals surface area contributed by atoms with Crippen LogP contribution in [0.25, 0.3) is 0 Å². The van der Waals surface area contributed by atoms with Crippen molar-refractivity contribution in [2.45, 2.75) is 6.42 Å². The van der Waals surface area contributed by atoms with Gasteiger partial charge in [0.2, 0.25) is 0 Å². The molecule has 1 saturated heterocycles. The van der Waals surface area contributed by atoms with Gasteiger partial charge < -0.3 is 9.69 Å². The van der Waals surface area contributed by atoms with Crippen molar-refractivity contribution >= 4 is 18.0 Å². The zero-order chi connectivity index (χ0) is 12.3. The van der Waals surface area contributed by atoms with E-state index in [0.717, 1.165) is 6.42 Å². The van der Waals surface area contributed by atoms with E-state index in [9.17, 15) is 14.0 Å². The highest BCUT2D eigenvalue weighted by atomic mass is 19.1. The van der Waals surface area contributed by atoms with Crippen LogP contribution in [-0.2, 0) is 4.79 Å². The maximum absolute atomic E-state index is 12.8. The highest BCUT2D eigenvalue weighted by Crippen LogP contribution is 2.19. The maximum Gasteiger partial charge on any atom is 0.324 e. The number of halogens is 1. The van der Waals surface area contributed by atoms with Crippen molar-refractivity contribution in [3.05, 3.63) is 30.1 Å². The van der Waals surface area contributed by atoms with Gasteiger partial charge in [-0.3, -0.25) is 4.90 Å². The summed E-state index contributed by atoms with van der Waals surface area (Å²) in [6, 6.07) is 5.58. The van der Waals surface area contributed by atoms with Gasteiger partial charge >= 0.3 is 6.03 Å². The van der Waals surface area contributed by atoms with Gasteiger partial charge in [0.05, 0.1) is 6.54 Å². The number of carbonyl (C=O) groups is 2. The number of anilines is 1. The molecule has 1 fully saturated rings. The standard InChI is InChI=1S/C12H13FN2O2/c13-10-2-4-11(5-3-10)15-7-1-6-14(8-9-16)12(15)17/h2-5,9H,1,6-8H2. The maximum atomic E-state index is 12.8. The summed E-state index contributed by atoms with van der Waals surface area (Å²) in [5.74, 6) is -0.331. The van der Waals surface area contributed by atoms with Gasteiger partial charge in [0.25, 0.3) is 0 Å². The molecule has 0 aromatic heterocycles. The molecule has 0 spiro atoms. The lowest BCUT2D eigenvalue weighted by molar-refractivity contribution is -0.108. The molecule has 1 heterocycles. The summed E-state index contributed by atoms with van der Waals surface area (Å²) < 4.78 is 12.8. The molecule has 0 atom stereocenters. The highest BCUT2D eigenvalue weighted by molar-refractivity contribution is 5.93. The summed E-state index contributed by atoms with van der Waals surface area (Å²) in [5, 5.41) is 0. The Kier molecular flexibility index (Phi) is 3.37. The molecule has 90 valence electrons. The first-order valence-corrected chi connectivity index (χ1v) is 5.48. The summed E-state index contributed by atoms with van der Waals surface area (Å²) in [4.78, 5) is 25.5. The number of hydrogen-bond acceptors (Lipinski definition) is 2. The largest absolute Gasteiger partial charge is 0.324 e. The van der Waals surface area contributed by atoms with E-state index in [4.69, 9.17) is 0 Å². The van der Waals surface area contributed by atoms with Crippen molar-refractivity contribution in [3.8, 4) is 0 Å². The van der Waals surface area contributed by atoms with Crippen LogP contribution < -0.4 is 4.90 Å². The molecule has 17 heavy (non-hydrogen) atoms. The summed E-state index contributed by atoms with van der Waals surface area (Å²) in [6.07, 6.45) is 1.52. The van der Waals surface area contributed by atoms with Gasteiger partial charge in [0, 0.05) is 18.8 Å². The Bertz CT molecular complexity index is 419. The van der Waals surface area contributed by atoms with E-state index in [1.807, 2.05) is 0 Å². The number of hydrogen-bond donors (Lipinski definition) is 0. The van der Waals surface area contributed by atoms with Crippen LogP contribution in [-0.4, -0.2) is 36.9 Å². The lowest BCUT2D eigenvalue weighted by Gasteiger charge is -2.34. The lowest BCUT2D eigenvalue weighted by atomic mass is 10.2. The SMILES string of the molecule is O=CCN1CCCN(c2ccc(F)cc2)C1=O. The topological polar surface area (TPSA) is 40.6 Å². The zero-order valence-corrected chi connectivity index (χ0v) is 9.30. The molecule has 0 radical (unpaired) electrons. The molecule has 1 aliphatic rings. The van der Waals surface area contributed by atoms with E-state index in [1.54, 1.807) is 17.0 Å². The Balaban J connectivity index is 2.17. The van der Waals surface area contributed by atoms with Crippen LogP contribution in [0, 0.1) is 5.82 Å². The molecule has 1 aromatic rings. The Labute approximate surface area is 98.6 Å². The number of carbonyl (C=O) groups excluding carboxylic acids is 2. The number of amides is 2. The fourth-order valence-electron chi connectivity index (χ4n) is 1.90. The minimum Gasteiger partial charge on any atom is -0.317 e. The smallest absolute Gasteiger partial charge is 0.317 e. The Morgan fingerprint density at radius 1 is 1.24 bits per heavy atom. The average Bonchev–Trinajstić information content (AvgIpc) is 2.34. The van der Waals surface area contributed by atoms with Crippen molar-refractivity contribution in [1.29, 1.82) is 0 Å². The Hall–Kier alpha value is -1.91. The first kappa shape index (κ1) is 11.6. The molecule has 4 nitrogen and oxygen atoms in total. The number of urea groups is 1. The molecule has 0 bridgehead atoms. The van der Waals surface area contributed by atoms with Gasteiger partial charge in [0.1, 0.15) is 12.1 Å². The van der Waals surface area contributed by atoms with Gasteiger partial charge in [-0.1, -0.05) is 0 Å². The number of aldehydes is 1. The van der Waals surface area contributed by atoms with Gasteiger partial charge in [-0.25, -0.2) is 9.18 Å². The summed E-state index contributed by atoms with van der Waals surface area (Å²) in [6.45, 7) is 1.30. The summed E-state index contributed by atoms with van der Waals surface area (Å²) >= 11 is 0. The lowest BCUT2D eigenvalue weighted by Crippen LogP contribution is -2.50. The molecule has 0 unspecified atom stereocenters. The third-order valence-corrected chi connectivity index (χ3v) is 2.74. The van der Waals surface area contributed by atoms with Crippen molar-refractivity contribution in [2.75, 3.05) is 24.5 Å². The van der Waals surface area contributed by atoms with Crippen LogP contribution in [0.4, 0.5) is 14.9 Å². The van der Waals surface area contributed by atoms with E-state index < -0.39 is 0 Å². The fourth-order valence-corrected chi connectivity index (χ4v) is 1.90. The third kappa shape index (κ3) is 2.43. The van der Waals surface area contributed by atoms with Gasteiger partial charge in [0.15, 0.2) is 0 Å². The van der Waals surface area contributed by atoms with Crippen LogP contribution in [0.2, 0.25) is 0 Å². The van der Waals surface area contributed by atoms with Crippen LogP contribution in [0.15, 0.2) is 24.3 Å². The van der Waals surface area contributed by atoms with Crippen LogP contribution >= 0.6 is 0 Å². The van der Waals surface area contributed by atoms with Crippen molar-refractivity contribution < 1.29 is 14.0 Å². The second kappa shape index (κ2) is 4.95. The van der Waals surface area contributed by atoms with E-state index in [0.29, 0.717) is 25.1 Å². The fraction of sp³-hybridized carbons (Fsp3) is 0.333. The molecule has 1 aromatic carbocycles. The minimum atomic E-state index is -0.331. The van der Waals surface area contributed by atoms with Gasteiger partial charge in [-0.05, 0) is 30.7 Å². The average molecular weight is 236 g/mol. The first-order valence-electron chi connectivity index (χ1n) is 5.48. The molecule has 0 aliphatic carbocycles. The Morgan fingerprint density at radius 3 is 2.59 bits per heavy atom. The Morgan fingerprint density at radius 2 is 1.94 bits per heavy atom. The van der Waals surface area contributed by atoms with E-state index in [2.05, 4.69) is 0 Å². The van der Waals surface area contributed by atoms with Crippen LogP contribution in [0.1, 0.15) is 6.42 Å². The normalized spacial score (nSPS) is 16.2. The van der Waals surface area contributed by atoms with E-state index in [1.165, 1.54) is 17.0 Å². The number of nitrogens with zero attached hydrogens (tertiary/aromatic N) is 2. The summed E-state index contributed by atoms with van der Waals surface area (Å²) in [7, 11) is 0. The molecule has 0 saturated carbocycles. The molecule has 5 heteroatoms. The molecule has 2 rings (SSSR count). The van der Waals surface area contributed by atoms with Crippen molar-refractivity contribution in [3.63, 3.8) is 0 Å². The second-order valence-corrected chi connectivity index (χ2v) is 3.88. The van der Waals surface area contributed by atoms with Crippen molar-refractivity contribution in [2.24, 2.45) is 0 Å². The second-order valence-electron chi connectivity index (χ2n) is 3.88. The van der Waals surface area contributed by atoms with Crippen LogP contribution in [0.3, 0.4) is 0 Å². The highest BCUT2D eigenvalue weighted by Gasteiger charge is 2.26. The monoisotopic (exact) mass is 236 g/mol. The van der Waals surface area contributed by atoms with Crippen molar-refractivity contribution in [1.82, 2.24) is 4.90 Å². The van der Waals surface area contributed by atoms with E-state index in [-0.39, 0.29) is 18.4 Å². The molecular weight excluding hydrogens is 223 g/mol. The van der Waals surface area contributed by atoms with Gasteiger partial charge in [-0.2, -0.15) is 0 Å². The quantitative estimate of drug-likeness (QED) is 0.749. The predicted molar refractivity (Wildman–Crippen MR) is 61.4 cm³/mol. The molecular formula is C12H13FN2O2.